The summed E-state index contributed by atoms with van der Waals surface area (Å²) in [5.74, 6) is 0.525. The Morgan fingerprint density at radius 1 is 1.14 bits per heavy atom. The van der Waals surface area contributed by atoms with Crippen LogP contribution in [-0.2, 0) is 6.42 Å². The average Bonchev–Trinajstić information content (AvgIpc) is 2.94. The highest BCUT2D eigenvalue weighted by atomic mass is 35.5. The molecule has 0 radical (unpaired) electrons. The molecule has 1 aromatic carbocycles. The molecule has 1 fully saturated rings. The molecular weight excluding hydrogens is 478 g/mol. The molecule has 182 valence electrons. The van der Waals surface area contributed by atoms with Gasteiger partial charge in [0.2, 0.25) is 5.95 Å². The van der Waals surface area contributed by atoms with Crippen LogP contribution in [0.3, 0.4) is 0 Å². The number of rotatable bonds is 4. The molecule has 5 rings (SSSR count). The van der Waals surface area contributed by atoms with Crippen LogP contribution in [0, 0.1) is 6.92 Å². The summed E-state index contributed by atoms with van der Waals surface area (Å²) in [6.07, 6.45) is 4.39. The first-order valence-corrected chi connectivity index (χ1v) is 12.8. The molecule has 0 bridgehead atoms. The van der Waals surface area contributed by atoms with Crippen molar-refractivity contribution in [2.45, 2.75) is 46.2 Å². The van der Waals surface area contributed by atoms with Crippen molar-refractivity contribution < 1.29 is 0 Å². The lowest BCUT2D eigenvalue weighted by atomic mass is 10.1. The van der Waals surface area contributed by atoms with Gasteiger partial charge in [-0.05, 0) is 51.6 Å². The standard InChI is InChI=1S/C26H30ClN7S/c1-5-34-15(2)13-33(14-16(34)3)20-10-22(17(4)28-12-20)31-26-29-11-18-8-24(35)30-23-9-19(27)6-7-21(23)25(18)32-26/h6-7,9-12,15-16H,5,8,13-14H2,1-4H3,(H,30,35)(H,29,31,32)/t15-,16+. The minimum absolute atomic E-state index is 0.489. The van der Waals surface area contributed by atoms with E-state index in [1.165, 1.54) is 0 Å². The third-order valence-electron chi connectivity index (χ3n) is 6.88. The third-order valence-corrected chi connectivity index (χ3v) is 7.36. The Morgan fingerprint density at radius 2 is 1.91 bits per heavy atom. The number of hydrogen-bond acceptors (Lipinski definition) is 7. The van der Waals surface area contributed by atoms with E-state index in [9.17, 15) is 0 Å². The number of nitrogens with one attached hydrogen (secondary N) is 2. The van der Waals surface area contributed by atoms with E-state index in [2.05, 4.69) is 57.2 Å². The van der Waals surface area contributed by atoms with Crippen molar-refractivity contribution in [3.05, 3.63) is 52.9 Å². The van der Waals surface area contributed by atoms with Crippen LogP contribution < -0.4 is 15.5 Å². The van der Waals surface area contributed by atoms with Crippen LogP contribution in [0.1, 0.15) is 32.0 Å². The molecule has 2 atom stereocenters. The van der Waals surface area contributed by atoms with Crippen molar-refractivity contribution in [1.82, 2.24) is 19.9 Å². The molecule has 9 heteroatoms. The van der Waals surface area contributed by atoms with Crippen molar-refractivity contribution in [3.63, 3.8) is 0 Å². The van der Waals surface area contributed by atoms with Gasteiger partial charge in [-0.3, -0.25) is 9.88 Å². The van der Waals surface area contributed by atoms with Gasteiger partial charge < -0.3 is 15.5 Å². The SMILES string of the molecule is CCN1[C@H](C)CN(c2cnc(C)c(Nc3ncc4c(n3)-c3ccc(Cl)cc3NC(=S)C4)c2)C[C@@H]1C. The fraction of sp³-hybridized carbons (Fsp3) is 0.385. The smallest absolute Gasteiger partial charge is 0.227 e. The zero-order chi connectivity index (χ0) is 24.7. The maximum atomic E-state index is 6.23. The average molecular weight is 508 g/mol. The van der Waals surface area contributed by atoms with E-state index >= 15 is 0 Å². The third kappa shape index (κ3) is 4.83. The van der Waals surface area contributed by atoms with Gasteiger partial charge >= 0.3 is 0 Å². The van der Waals surface area contributed by atoms with Crippen LogP contribution in [0.4, 0.5) is 23.0 Å². The van der Waals surface area contributed by atoms with E-state index in [-0.39, 0.29) is 0 Å². The number of likely N-dealkylation sites (N-methyl/N-ethyl adjacent to an activating group) is 1. The Hall–Kier alpha value is -2.81. The molecule has 2 aliphatic heterocycles. The van der Waals surface area contributed by atoms with E-state index < -0.39 is 0 Å². The van der Waals surface area contributed by atoms with E-state index in [0.717, 1.165) is 64.2 Å². The number of nitrogens with zero attached hydrogens (tertiary/aromatic N) is 5. The first-order chi connectivity index (χ1) is 16.8. The second-order valence-electron chi connectivity index (χ2n) is 9.37. The minimum Gasteiger partial charge on any atom is -0.367 e. The van der Waals surface area contributed by atoms with Crippen molar-refractivity contribution in [2.24, 2.45) is 0 Å². The maximum Gasteiger partial charge on any atom is 0.227 e. The summed E-state index contributed by atoms with van der Waals surface area (Å²) in [5, 5.41) is 7.35. The summed E-state index contributed by atoms with van der Waals surface area (Å²) in [6.45, 7) is 11.8. The first-order valence-electron chi connectivity index (χ1n) is 12.0. The quantitative estimate of drug-likeness (QED) is 0.451. The highest BCUT2D eigenvalue weighted by molar-refractivity contribution is 7.80. The molecule has 7 nitrogen and oxygen atoms in total. The van der Waals surface area contributed by atoms with Crippen LogP contribution in [0.5, 0.6) is 0 Å². The molecule has 4 heterocycles. The van der Waals surface area contributed by atoms with Crippen molar-refractivity contribution >= 4 is 51.8 Å². The minimum atomic E-state index is 0.489. The van der Waals surface area contributed by atoms with Gasteiger partial charge in [-0.1, -0.05) is 30.7 Å². The van der Waals surface area contributed by atoms with Crippen LogP contribution in [0.25, 0.3) is 11.3 Å². The Balaban J connectivity index is 1.45. The molecule has 35 heavy (non-hydrogen) atoms. The van der Waals surface area contributed by atoms with E-state index in [1.807, 2.05) is 37.5 Å². The molecule has 0 unspecified atom stereocenters. The predicted molar refractivity (Wildman–Crippen MR) is 148 cm³/mol. The van der Waals surface area contributed by atoms with Crippen LogP contribution in [0.2, 0.25) is 5.02 Å². The summed E-state index contributed by atoms with van der Waals surface area (Å²) in [6, 6.07) is 8.85. The molecule has 0 aliphatic carbocycles. The maximum absolute atomic E-state index is 6.23. The summed E-state index contributed by atoms with van der Waals surface area (Å²) in [7, 11) is 0. The van der Waals surface area contributed by atoms with Crippen LogP contribution in [0.15, 0.2) is 36.7 Å². The molecule has 2 N–H and O–H groups in total. The highest BCUT2D eigenvalue weighted by Crippen LogP contribution is 2.35. The fourth-order valence-electron chi connectivity index (χ4n) is 5.16. The molecule has 2 aliphatic rings. The summed E-state index contributed by atoms with van der Waals surface area (Å²) in [4.78, 5) is 19.9. The lowest BCUT2D eigenvalue weighted by Crippen LogP contribution is -2.56. The number of aryl methyl sites for hydroxylation is 1. The lowest BCUT2D eigenvalue weighted by Gasteiger charge is -2.45. The first kappa shape index (κ1) is 23.9. The number of benzene rings is 1. The number of halogens is 1. The Kier molecular flexibility index (Phi) is 6.61. The Morgan fingerprint density at radius 3 is 2.66 bits per heavy atom. The van der Waals surface area contributed by atoms with Gasteiger partial charge in [0.25, 0.3) is 0 Å². The number of thiocarbonyl (C=S) groups is 1. The number of anilines is 4. The normalized spacial score (nSPS) is 20.0. The largest absolute Gasteiger partial charge is 0.367 e. The topological polar surface area (TPSA) is 69.2 Å². The molecule has 0 spiro atoms. The second kappa shape index (κ2) is 9.68. The van der Waals surface area contributed by atoms with E-state index in [1.54, 1.807) is 0 Å². The number of piperazine rings is 1. The van der Waals surface area contributed by atoms with Crippen molar-refractivity contribution in [2.75, 3.05) is 35.2 Å². The Bertz CT molecular complexity index is 1270. The highest BCUT2D eigenvalue weighted by Gasteiger charge is 2.28. The Labute approximate surface area is 216 Å². The van der Waals surface area contributed by atoms with Crippen molar-refractivity contribution in [1.29, 1.82) is 0 Å². The molecule has 0 saturated carbocycles. The van der Waals surface area contributed by atoms with Crippen molar-refractivity contribution in [3.8, 4) is 11.3 Å². The number of pyridine rings is 1. The number of aromatic nitrogens is 3. The molecule has 1 saturated heterocycles. The van der Waals surface area contributed by atoms with Gasteiger partial charge in [0.1, 0.15) is 0 Å². The zero-order valence-corrected chi connectivity index (χ0v) is 22.0. The predicted octanol–water partition coefficient (Wildman–Crippen LogP) is 5.46. The fourth-order valence-corrected chi connectivity index (χ4v) is 5.59. The monoisotopic (exact) mass is 507 g/mol. The number of hydrogen-bond donors (Lipinski definition) is 2. The number of fused-ring (bicyclic) bond motifs is 3. The van der Waals surface area contributed by atoms with Gasteiger partial charge in [-0.2, -0.15) is 0 Å². The van der Waals surface area contributed by atoms with E-state index in [0.29, 0.717) is 29.5 Å². The van der Waals surface area contributed by atoms with E-state index in [4.69, 9.17) is 28.8 Å². The zero-order valence-electron chi connectivity index (χ0n) is 20.5. The summed E-state index contributed by atoms with van der Waals surface area (Å²) in [5.41, 5.74) is 6.55. The van der Waals surface area contributed by atoms with Crippen LogP contribution >= 0.6 is 23.8 Å². The van der Waals surface area contributed by atoms with Gasteiger partial charge in [0.05, 0.1) is 33.9 Å². The summed E-state index contributed by atoms with van der Waals surface area (Å²) >= 11 is 11.7. The molecule has 2 aromatic heterocycles. The molecule has 0 amide bonds. The van der Waals surface area contributed by atoms with Gasteiger partial charge in [-0.15, -0.1) is 0 Å². The molecule has 3 aromatic rings. The summed E-state index contributed by atoms with van der Waals surface area (Å²) < 4.78 is 0. The lowest BCUT2D eigenvalue weighted by molar-refractivity contribution is 0.140. The van der Waals surface area contributed by atoms with Crippen LogP contribution in [-0.4, -0.2) is 56.6 Å². The molecular formula is C26H30ClN7S. The van der Waals surface area contributed by atoms with Gasteiger partial charge in [-0.25, -0.2) is 9.97 Å². The van der Waals surface area contributed by atoms with Gasteiger partial charge in [0.15, 0.2) is 0 Å². The van der Waals surface area contributed by atoms with Gasteiger partial charge in [0, 0.05) is 59.6 Å². The second-order valence-corrected chi connectivity index (χ2v) is 10.3.